The minimum atomic E-state index is -0.689. The Kier molecular flexibility index (Phi) is 4.04. The van der Waals surface area contributed by atoms with Gasteiger partial charge in [0.2, 0.25) is 11.8 Å². The number of fused-ring (bicyclic) bond motifs is 2. The van der Waals surface area contributed by atoms with E-state index in [1.165, 1.54) is 11.3 Å². The molecular formula is C16H24N2O2S. The highest BCUT2D eigenvalue weighted by Crippen LogP contribution is 2.44. The van der Waals surface area contributed by atoms with E-state index in [1.807, 2.05) is 0 Å². The zero-order valence-electron chi connectivity index (χ0n) is 12.5. The fourth-order valence-electron chi connectivity index (χ4n) is 4.40. The van der Waals surface area contributed by atoms with Crippen LogP contribution in [0.3, 0.4) is 0 Å². The van der Waals surface area contributed by atoms with E-state index in [2.05, 4.69) is 0 Å². The molecule has 1 saturated heterocycles. The summed E-state index contributed by atoms with van der Waals surface area (Å²) in [5.74, 6) is 0.0120. The number of nitrogens with two attached hydrogens (primary N) is 1. The number of thiocarbonyl (C=S) groups is 1. The van der Waals surface area contributed by atoms with Crippen molar-refractivity contribution >= 4 is 29.0 Å². The molecule has 0 aromatic carbocycles. The van der Waals surface area contributed by atoms with Crippen LogP contribution in [-0.4, -0.2) is 27.2 Å². The third-order valence-electron chi connectivity index (χ3n) is 5.64. The number of amides is 2. The summed E-state index contributed by atoms with van der Waals surface area (Å²) in [5, 5.41) is 0. The summed E-state index contributed by atoms with van der Waals surface area (Å²) >= 11 is 5.35. The van der Waals surface area contributed by atoms with Crippen LogP contribution < -0.4 is 5.73 Å². The van der Waals surface area contributed by atoms with E-state index in [0.29, 0.717) is 4.99 Å². The SMILES string of the molecule is NC(=S)C1(N2C(=O)C3CCC(C3)C2=O)CCCCCCC1. The number of carbonyl (C=O) groups excluding carboxylic acids is 2. The second-order valence-corrected chi connectivity index (χ2v) is 7.32. The zero-order valence-corrected chi connectivity index (χ0v) is 13.3. The molecule has 2 saturated carbocycles. The molecule has 1 heterocycles. The number of imide groups is 1. The van der Waals surface area contributed by atoms with Gasteiger partial charge in [-0.15, -0.1) is 0 Å². The fourth-order valence-corrected chi connectivity index (χ4v) is 4.69. The Hall–Kier alpha value is -0.970. The van der Waals surface area contributed by atoms with Crippen LogP contribution in [0.2, 0.25) is 0 Å². The summed E-state index contributed by atoms with van der Waals surface area (Å²) < 4.78 is 0. The normalized spacial score (nSPS) is 32.7. The number of piperidine rings is 1. The van der Waals surface area contributed by atoms with Crippen LogP contribution in [0.4, 0.5) is 0 Å². The molecule has 0 radical (unpaired) electrons. The third kappa shape index (κ3) is 2.39. The average molecular weight is 308 g/mol. The molecule has 3 aliphatic rings. The van der Waals surface area contributed by atoms with Crippen LogP contribution in [0.5, 0.6) is 0 Å². The second kappa shape index (κ2) is 5.67. The number of hydrogen-bond acceptors (Lipinski definition) is 3. The smallest absolute Gasteiger partial charge is 0.233 e. The Morgan fingerprint density at radius 3 is 1.95 bits per heavy atom. The Balaban J connectivity index is 1.97. The highest BCUT2D eigenvalue weighted by molar-refractivity contribution is 7.80. The van der Waals surface area contributed by atoms with Gasteiger partial charge in [-0.05, 0) is 32.1 Å². The molecule has 3 rings (SSSR count). The van der Waals surface area contributed by atoms with Crippen molar-refractivity contribution < 1.29 is 9.59 Å². The molecule has 4 nitrogen and oxygen atoms in total. The first-order valence-electron chi connectivity index (χ1n) is 8.24. The minimum Gasteiger partial charge on any atom is -0.391 e. The van der Waals surface area contributed by atoms with Crippen molar-refractivity contribution in [2.24, 2.45) is 17.6 Å². The van der Waals surface area contributed by atoms with Crippen LogP contribution in [0.15, 0.2) is 0 Å². The van der Waals surface area contributed by atoms with Gasteiger partial charge in [0.25, 0.3) is 0 Å². The van der Waals surface area contributed by atoms with Gasteiger partial charge in [0.1, 0.15) is 5.54 Å². The predicted molar refractivity (Wildman–Crippen MR) is 84.5 cm³/mol. The molecule has 1 aliphatic heterocycles. The van der Waals surface area contributed by atoms with Crippen molar-refractivity contribution in [2.45, 2.75) is 69.7 Å². The minimum absolute atomic E-state index is 0.0119. The van der Waals surface area contributed by atoms with Gasteiger partial charge in [0.15, 0.2) is 0 Å². The van der Waals surface area contributed by atoms with Crippen molar-refractivity contribution in [3.8, 4) is 0 Å². The first-order valence-corrected chi connectivity index (χ1v) is 8.65. The van der Waals surface area contributed by atoms with E-state index in [0.717, 1.165) is 57.8 Å². The van der Waals surface area contributed by atoms with Crippen molar-refractivity contribution in [1.82, 2.24) is 4.90 Å². The summed E-state index contributed by atoms with van der Waals surface area (Å²) in [6, 6.07) is 0. The van der Waals surface area contributed by atoms with Gasteiger partial charge in [-0.25, -0.2) is 0 Å². The molecule has 2 aliphatic carbocycles. The molecule has 116 valence electrons. The Bertz CT molecular complexity index is 447. The largest absolute Gasteiger partial charge is 0.391 e. The number of nitrogens with zero attached hydrogens (tertiary/aromatic N) is 1. The van der Waals surface area contributed by atoms with Gasteiger partial charge in [-0.1, -0.05) is 44.3 Å². The lowest BCUT2D eigenvalue weighted by Crippen LogP contribution is -2.64. The molecule has 21 heavy (non-hydrogen) atoms. The standard InChI is InChI=1S/C16H24N2O2S/c17-15(21)16(8-4-2-1-3-5-9-16)18-13(19)11-6-7-12(10-11)14(18)20/h11-12H,1-10H2,(H2,17,21). The van der Waals surface area contributed by atoms with Gasteiger partial charge in [-0.2, -0.15) is 0 Å². The van der Waals surface area contributed by atoms with Gasteiger partial charge >= 0.3 is 0 Å². The van der Waals surface area contributed by atoms with Crippen LogP contribution in [0.25, 0.3) is 0 Å². The highest BCUT2D eigenvalue weighted by Gasteiger charge is 2.54. The van der Waals surface area contributed by atoms with E-state index in [1.54, 1.807) is 0 Å². The molecule has 0 spiro atoms. The van der Waals surface area contributed by atoms with Crippen LogP contribution in [0, 0.1) is 11.8 Å². The lowest BCUT2D eigenvalue weighted by atomic mass is 9.79. The first kappa shape index (κ1) is 14.9. The van der Waals surface area contributed by atoms with Crippen LogP contribution >= 0.6 is 12.2 Å². The van der Waals surface area contributed by atoms with E-state index in [4.69, 9.17) is 18.0 Å². The highest BCUT2D eigenvalue weighted by atomic mass is 32.1. The third-order valence-corrected chi connectivity index (χ3v) is 6.02. The zero-order chi connectivity index (χ0) is 15.0. The monoisotopic (exact) mass is 308 g/mol. The molecule has 3 fully saturated rings. The maximum Gasteiger partial charge on any atom is 0.233 e. The summed E-state index contributed by atoms with van der Waals surface area (Å²) in [5.41, 5.74) is 5.39. The average Bonchev–Trinajstić information content (AvgIpc) is 2.85. The molecule has 2 N–H and O–H groups in total. The summed E-state index contributed by atoms with van der Waals surface area (Å²) in [4.78, 5) is 27.4. The molecule has 2 unspecified atom stereocenters. The Labute approximate surface area is 131 Å². The lowest BCUT2D eigenvalue weighted by molar-refractivity contribution is -0.158. The van der Waals surface area contributed by atoms with Gasteiger partial charge in [-0.3, -0.25) is 14.5 Å². The van der Waals surface area contributed by atoms with Crippen LogP contribution in [-0.2, 0) is 9.59 Å². The van der Waals surface area contributed by atoms with E-state index >= 15 is 0 Å². The quantitative estimate of drug-likeness (QED) is 0.629. The van der Waals surface area contributed by atoms with Crippen molar-refractivity contribution in [1.29, 1.82) is 0 Å². The van der Waals surface area contributed by atoms with E-state index < -0.39 is 5.54 Å². The maximum atomic E-state index is 12.8. The van der Waals surface area contributed by atoms with Crippen molar-refractivity contribution in [3.63, 3.8) is 0 Å². The number of rotatable bonds is 2. The molecular weight excluding hydrogens is 284 g/mol. The van der Waals surface area contributed by atoms with E-state index in [-0.39, 0.29) is 23.7 Å². The summed E-state index contributed by atoms with van der Waals surface area (Å²) in [7, 11) is 0. The number of likely N-dealkylation sites (tertiary alicyclic amines) is 1. The molecule has 5 heteroatoms. The molecule has 0 aromatic rings. The second-order valence-electron chi connectivity index (χ2n) is 6.88. The van der Waals surface area contributed by atoms with Crippen LogP contribution in [0.1, 0.15) is 64.2 Å². The van der Waals surface area contributed by atoms with Crippen molar-refractivity contribution in [2.75, 3.05) is 0 Å². The Morgan fingerprint density at radius 2 is 1.48 bits per heavy atom. The van der Waals surface area contributed by atoms with Gasteiger partial charge < -0.3 is 5.73 Å². The predicted octanol–water partition coefficient (Wildman–Crippen LogP) is 2.54. The maximum absolute atomic E-state index is 12.8. The van der Waals surface area contributed by atoms with Gasteiger partial charge in [0.05, 0.1) is 4.99 Å². The van der Waals surface area contributed by atoms with Crippen molar-refractivity contribution in [3.05, 3.63) is 0 Å². The first-order chi connectivity index (χ1) is 10.1. The molecule has 2 bridgehead atoms. The lowest BCUT2D eigenvalue weighted by Gasteiger charge is -2.46. The summed E-state index contributed by atoms with van der Waals surface area (Å²) in [6.45, 7) is 0. The molecule has 2 amide bonds. The molecule has 0 aromatic heterocycles. The fraction of sp³-hybridized carbons (Fsp3) is 0.812. The Morgan fingerprint density at radius 1 is 1.00 bits per heavy atom. The number of carbonyl (C=O) groups is 2. The molecule has 2 atom stereocenters. The number of hydrogen-bond donors (Lipinski definition) is 1. The van der Waals surface area contributed by atoms with E-state index in [9.17, 15) is 9.59 Å². The topological polar surface area (TPSA) is 63.4 Å². The van der Waals surface area contributed by atoms with Gasteiger partial charge in [0, 0.05) is 11.8 Å². The summed E-state index contributed by atoms with van der Waals surface area (Å²) in [6.07, 6.45) is 9.40.